The summed E-state index contributed by atoms with van der Waals surface area (Å²) in [5.41, 5.74) is 0. The van der Waals surface area contributed by atoms with Crippen molar-refractivity contribution < 1.29 is 19.9 Å². The van der Waals surface area contributed by atoms with E-state index in [1.54, 1.807) is 0 Å². The lowest BCUT2D eigenvalue weighted by molar-refractivity contribution is -0.394. The monoisotopic (exact) mass is 259 g/mol. The molecule has 0 spiro atoms. The Bertz CT molecular complexity index is 439. The third kappa shape index (κ3) is 2.99. The molecule has 0 saturated heterocycles. The summed E-state index contributed by atoms with van der Waals surface area (Å²) < 4.78 is 0.988. The SMILES string of the molecule is Cn1nc([N+](=O)[O-])nc1C(=O)N(CCO)CCO. The maximum atomic E-state index is 11.9. The smallest absolute Gasteiger partial charge is 0.395 e. The van der Waals surface area contributed by atoms with E-state index in [0.29, 0.717) is 0 Å². The molecule has 1 heterocycles. The molecule has 0 aliphatic rings. The van der Waals surface area contributed by atoms with Gasteiger partial charge in [-0.2, -0.15) is 4.68 Å². The topological polar surface area (TPSA) is 135 Å². The predicted octanol–water partition coefficient (Wildman–Crippen LogP) is -1.85. The summed E-state index contributed by atoms with van der Waals surface area (Å²) in [5, 5.41) is 31.5. The second-order valence-corrected chi connectivity index (χ2v) is 3.36. The first-order valence-electron chi connectivity index (χ1n) is 5.07. The molecule has 0 unspecified atom stereocenters. The number of hydrogen-bond acceptors (Lipinski definition) is 7. The van der Waals surface area contributed by atoms with Crippen molar-refractivity contribution in [1.29, 1.82) is 0 Å². The Labute approximate surface area is 102 Å². The van der Waals surface area contributed by atoms with Crippen molar-refractivity contribution in [3.63, 3.8) is 0 Å². The maximum Gasteiger partial charge on any atom is 0.491 e. The van der Waals surface area contributed by atoms with Crippen LogP contribution >= 0.6 is 0 Å². The van der Waals surface area contributed by atoms with Gasteiger partial charge >= 0.3 is 17.7 Å². The zero-order valence-corrected chi connectivity index (χ0v) is 9.68. The van der Waals surface area contributed by atoms with Gasteiger partial charge in [0, 0.05) is 25.2 Å². The van der Waals surface area contributed by atoms with Crippen LogP contribution in [-0.2, 0) is 7.05 Å². The Kier molecular flexibility index (Phi) is 4.68. The highest BCUT2D eigenvalue weighted by atomic mass is 16.6. The minimum absolute atomic E-state index is 0.0000505. The van der Waals surface area contributed by atoms with Gasteiger partial charge in [-0.3, -0.25) is 4.79 Å². The van der Waals surface area contributed by atoms with Gasteiger partial charge in [-0.25, -0.2) is 0 Å². The number of nitro groups is 1. The summed E-state index contributed by atoms with van der Waals surface area (Å²) in [6.07, 6.45) is 0. The lowest BCUT2D eigenvalue weighted by Gasteiger charge is -2.18. The highest BCUT2D eigenvalue weighted by molar-refractivity contribution is 5.90. The van der Waals surface area contributed by atoms with Gasteiger partial charge in [0.25, 0.3) is 0 Å². The molecular formula is C8H13N5O5. The van der Waals surface area contributed by atoms with E-state index in [9.17, 15) is 14.9 Å². The normalized spacial score (nSPS) is 10.4. The molecule has 0 atom stereocenters. The van der Waals surface area contributed by atoms with E-state index < -0.39 is 16.8 Å². The van der Waals surface area contributed by atoms with Gasteiger partial charge < -0.3 is 25.2 Å². The molecule has 0 aromatic carbocycles. The minimum Gasteiger partial charge on any atom is -0.395 e. The second-order valence-electron chi connectivity index (χ2n) is 3.36. The summed E-state index contributed by atoms with van der Waals surface area (Å²) in [6.45, 7) is -0.572. The second kappa shape index (κ2) is 6.02. The molecule has 0 aliphatic heterocycles. The van der Waals surface area contributed by atoms with Crippen molar-refractivity contribution in [2.24, 2.45) is 7.05 Å². The fraction of sp³-hybridized carbons (Fsp3) is 0.625. The number of aryl methyl sites for hydroxylation is 1. The number of carbonyl (C=O) groups excluding carboxylic acids is 1. The molecule has 2 N–H and O–H groups in total. The standard InChI is InChI=1S/C8H13N5O5/c1-11-6(9-8(10-11)13(17)18)7(16)12(2-4-14)3-5-15/h14-15H,2-5H2,1H3. The summed E-state index contributed by atoms with van der Waals surface area (Å²) >= 11 is 0. The number of aromatic nitrogens is 3. The van der Waals surface area contributed by atoms with Crippen molar-refractivity contribution >= 4 is 11.9 Å². The van der Waals surface area contributed by atoms with E-state index in [-0.39, 0.29) is 32.1 Å². The molecule has 18 heavy (non-hydrogen) atoms. The van der Waals surface area contributed by atoms with Crippen molar-refractivity contribution in [1.82, 2.24) is 19.7 Å². The van der Waals surface area contributed by atoms with Crippen LogP contribution in [0.25, 0.3) is 0 Å². The molecule has 1 amide bonds. The lowest BCUT2D eigenvalue weighted by atomic mass is 10.4. The third-order valence-electron chi connectivity index (χ3n) is 2.13. The first kappa shape index (κ1) is 14.0. The minimum atomic E-state index is -0.806. The van der Waals surface area contributed by atoms with Crippen molar-refractivity contribution in [2.75, 3.05) is 26.3 Å². The maximum absolute atomic E-state index is 11.9. The molecule has 0 bridgehead atoms. The van der Waals surface area contributed by atoms with Gasteiger partial charge in [0.1, 0.15) is 0 Å². The van der Waals surface area contributed by atoms with Crippen LogP contribution in [-0.4, -0.2) is 67.0 Å². The molecule has 1 rings (SSSR count). The molecule has 1 aromatic heterocycles. The van der Waals surface area contributed by atoms with Gasteiger partial charge in [0.05, 0.1) is 13.2 Å². The highest BCUT2D eigenvalue weighted by Crippen LogP contribution is 2.07. The molecule has 10 nitrogen and oxygen atoms in total. The predicted molar refractivity (Wildman–Crippen MR) is 57.7 cm³/mol. The zero-order valence-electron chi connectivity index (χ0n) is 9.68. The molecule has 0 radical (unpaired) electrons. The first-order valence-corrected chi connectivity index (χ1v) is 5.07. The van der Waals surface area contributed by atoms with Gasteiger partial charge in [0.15, 0.2) is 0 Å². The van der Waals surface area contributed by atoms with Crippen molar-refractivity contribution in [3.05, 3.63) is 15.9 Å². The summed E-state index contributed by atoms with van der Waals surface area (Å²) in [7, 11) is 1.35. The van der Waals surface area contributed by atoms with Crippen LogP contribution < -0.4 is 0 Å². The number of hydrogen-bond donors (Lipinski definition) is 2. The molecule has 0 aliphatic carbocycles. The van der Waals surface area contributed by atoms with Crippen LogP contribution in [0.1, 0.15) is 10.6 Å². The Morgan fingerprint density at radius 3 is 2.39 bits per heavy atom. The van der Waals surface area contributed by atoms with Gasteiger partial charge in [0.2, 0.25) is 0 Å². The highest BCUT2D eigenvalue weighted by Gasteiger charge is 2.28. The fourth-order valence-corrected chi connectivity index (χ4v) is 1.33. The molecule has 0 fully saturated rings. The number of nitrogens with zero attached hydrogens (tertiary/aromatic N) is 5. The molecule has 10 heteroatoms. The van der Waals surface area contributed by atoms with E-state index in [1.807, 2.05) is 0 Å². The van der Waals surface area contributed by atoms with E-state index in [4.69, 9.17) is 10.2 Å². The van der Waals surface area contributed by atoms with Crippen molar-refractivity contribution in [3.8, 4) is 0 Å². The number of carbonyl (C=O) groups is 1. The number of aliphatic hydroxyl groups excluding tert-OH is 2. The summed E-state index contributed by atoms with van der Waals surface area (Å²) in [5.74, 6) is -1.53. The Balaban J connectivity index is 2.97. The van der Waals surface area contributed by atoms with Gasteiger partial charge in [-0.1, -0.05) is 0 Å². The first-order chi connectivity index (χ1) is 8.51. The Morgan fingerprint density at radius 2 is 2.00 bits per heavy atom. The van der Waals surface area contributed by atoms with Crippen LogP contribution in [0.15, 0.2) is 0 Å². The van der Waals surface area contributed by atoms with Crippen LogP contribution in [0.3, 0.4) is 0 Å². The molecule has 1 aromatic rings. The quantitative estimate of drug-likeness (QED) is 0.452. The lowest BCUT2D eigenvalue weighted by Crippen LogP contribution is -2.37. The van der Waals surface area contributed by atoms with E-state index in [1.165, 1.54) is 7.05 Å². The average molecular weight is 259 g/mol. The number of aliphatic hydroxyl groups is 2. The van der Waals surface area contributed by atoms with Crippen LogP contribution in [0, 0.1) is 10.1 Å². The third-order valence-corrected chi connectivity index (χ3v) is 2.13. The van der Waals surface area contributed by atoms with Crippen LogP contribution in [0.4, 0.5) is 5.95 Å². The Hall–Kier alpha value is -2.07. The van der Waals surface area contributed by atoms with Crippen LogP contribution in [0.5, 0.6) is 0 Å². The van der Waals surface area contributed by atoms with E-state index in [0.717, 1.165) is 9.58 Å². The van der Waals surface area contributed by atoms with Crippen molar-refractivity contribution in [2.45, 2.75) is 0 Å². The van der Waals surface area contributed by atoms with Crippen LogP contribution in [0.2, 0.25) is 0 Å². The molecular weight excluding hydrogens is 246 g/mol. The summed E-state index contributed by atoms with van der Waals surface area (Å²) in [6, 6.07) is 0. The van der Waals surface area contributed by atoms with Gasteiger partial charge in [-0.15, -0.1) is 0 Å². The van der Waals surface area contributed by atoms with E-state index >= 15 is 0 Å². The Morgan fingerprint density at radius 1 is 1.44 bits per heavy atom. The number of rotatable bonds is 6. The molecule has 0 saturated carbocycles. The number of amides is 1. The van der Waals surface area contributed by atoms with E-state index in [2.05, 4.69) is 10.1 Å². The zero-order chi connectivity index (χ0) is 13.7. The fourth-order valence-electron chi connectivity index (χ4n) is 1.33. The largest absolute Gasteiger partial charge is 0.491 e. The summed E-state index contributed by atoms with van der Waals surface area (Å²) in [4.78, 5) is 26.2. The average Bonchev–Trinajstić information content (AvgIpc) is 2.70. The van der Waals surface area contributed by atoms with Gasteiger partial charge in [-0.05, 0) is 9.91 Å². The molecule has 100 valence electrons.